The van der Waals surface area contributed by atoms with Gasteiger partial charge in [0, 0.05) is 5.69 Å². The number of nitrogens with zero attached hydrogens (tertiary/aromatic N) is 1. The summed E-state index contributed by atoms with van der Waals surface area (Å²) in [6.07, 6.45) is 10.7. The highest BCUT2D eigenvalue weighted by atomic mass is 15.1. The number of aliphatic imine (C=N–C) groups is 1. The number of nitrogens with one attached hydrogen (secondary N) is 2. The van der Waals surface area contributed by atoms with Gasteiger partial charge in [-0.05, 0) is 86.3 Å². The summed E-state index contributed by atoms with van der Waals surface area (Å²) in [5.41, 5.74) is 6.22. The molecule has 0 spiro atoms. The van der Waals surface area contributed by atoms with Crippen LogP contribution in [0.1, 0.15) is 118 Å². The monoisotopic (exact) mass is 505 g/mol. The van der Waals surface area contributed by atoms with Crippen LogP contribution in [0.3, 0.4) is 0 Å². The lowest BCUT2D eigenvalue weighted by molar-refractivity contribution is 0.142. The first-order chi connectivity index (χ1) is 17.3. The first-order valence-corrected chi connectivity index (χ1v) is 14.9. The highest BCUT2D eigenvalue weighted by Gasteiger charge is 2.37. The third kappa shape index (κ3) is 6.89. The van der Waals surface area contributed by atoms with Gasteiger partial charge in [0.15, 0.2) is 0 Å². The zero-order valence-electron chi connectivity index (χ0n) is 25.7. The molecule has 0 bridgehead atoms. The van der Waals surface area contributed by atoms with E-state index in [1.165, 1.54) is 41.8 Å². The Morgan fingerprint density at radius 2 is 1.46 bits per heavy atom. The van der Waals surface area contributed by atoms with E-state index in [9.17, 15) is 0 Å². The van der Waals surface area contributed by atoms with Crippen LogP contribution < -0.4 is 10.6 Å². The Hall–Kier alpha value is -2.03. The number of rotatable bonds is 9. The van der Waals surface area contributed by atoms with E-state index in [1.54, 1.807) is 0 Å². The number of benzene rings is 1. The molecule has 2 aliphatic rings. The van der Waals surface area contributed by atoms with E-state index in [4.69, 9.17) is 4.99 Å². The van der Waals surface area contributed by atoms with Gasteiger partial charge in [0.05, 0.1) is 29.0 Å². The molecule has 3 heteroatoms. The van der Waals surface area contributed by atoms with Crippen LogP contribution in [-0.4, -0.2) is 23.3 Å². The lowest BCUT2D eigenvalue weighted by Crippen LogP contribution is -2.52. The van der Waals surface area contributed by atoms with Crippen LogP contribution in [0.2, 0.25) is 0 Å². The second-order valence-corrected chi connectivity index (χ2v) is 13.5. The van der Waals surface area contributed by atoms with E-state index in [0.717, 1.165) is 5.71 Å². The van der Waals surface area contributed by atoms with Crippen LogP contribution in [0, 0.1) is 23.7 Å². The Morgan fingerprint density at radius 3 is 1.95 bits per heavy atom. The first-order valence-electron chi connectivity index (χ1n) is 14.9. The molecule has 0 aromatic heterocycles. The fourth-order valence-corrected chi connectivity index (χ4v) is 6.46. The van der Waals surface area contributed by atoms with Gasteiger partial charge in [0.2, 0.25) is 0 Å². The summed E-state index contributed by atoms with van der Waals surface area (Å²) in [6.45, 7) is 25.5. The van der Waals surface area contributed by atoms with Crippen LogP contribution >= 0.6 is 0 Å². The summed E-state index contributed by atoms with van der Waals surface area (Å²) < 4.78 is 0. The van der Waals surface area contributed by atoms with Gasteiger partial charge >= 0.3 is 0 Å². The predicted molar refractivity (Wildman–Crippen MR) is 164 cm³/mol. The standard InChI is InChI=1S/C34H55N3/c1-21(2)26-15-12-16-27(22(3)4)32(26)35-25(9)30-19-14-20-31(36-30)34(10,11)37-33-28(23(5)6)17-13-18-29(33)24(7)8/h13-14,17-24,26-27,31-32,36-37H,12,15-16H2,1-11H3. The van der Waals surface area contributed by atoms with Crippen molar-refractivity contribution in [2.45, 2.75) is 125 Å². The molecule has 3 nitrogen and oxygen atoms in total. The van der Waals surface area contributed by atoms with Gasteiger partial charge in [0.1, 0.15) is 0 Å². The van der Waals surface area contributed by atoms with Gasteiger partial charge in [-0.1, -0.05) is 92.2 Å². The minimum atomic E-state index is -0.184. The molecular formula is C34H55N3. The van der Waals surface area contributed by atoms with Crippen LogP contribution in [-0.2, 0) is 0 Å². The van der Waals surface area contributed by atoms with Crippen LogP contribution in [0.4, 0.5) is 5.69 Å². The van der Waals surface area contributed by atoms with Crippen molar-refractivity contribution in [1.82, 2.24) is 5.32 Å². The zero-order chi connectivity index (χ0) is 27.5. The molecule has 1 aliphatic carbocycles. The molecule has 1 fully saturated rings. The largest absolute Gasteiger partial charge is 0.377 e. The van der Waals surface area contributed by atoms with Crippen molar-refractivity contribution in [1.29, 1.82) is 0 Å². The maximum absolute atomic E-state index is 5.47. The lowest BCUT2D eigenvalue weighted by Gasteiger charge is -2.41. The molecule has 3 rings (SSSR count). The third-order valence-corrected chi connectivity index (χ3v) is 8.87. The molecule has 2 N–H and O–H groups in total. The van der Waals surface area contributed by atoms with Gasteiger partial charge in [-0.25, -0.2) is 0 Å². The smallest absolute Gasteiger partial charge is 0.0672 e. The highest BCUT2D eigenvalue weighted by molar-refractivity contribution is 5.98. The summed E-state index contributed by atoms with van der Waals surface area (Å²) in [5.74, 6) is 3.62. The summed E-state index contributed by atoms with van der Waals surface area (Å²) in [4.78, 5) is 5.47. The fourth-order valence-electron chi connectivity index (χ4n) is 6.46. The molecule has 1 aromatic rings. The number of anilines is 1. The van der Waals surface area contributed by atoms with Crippen molar-refractivity contribution in [2.24, 2.45) is 28.7 Å². The minimum Gasteiger partial charge on any atom is -0.377 e. The van der Waals surface area contributed by atoms with Crippen molar-refractivity contribution in [3.8, 4) is 0 Å². The Kier molecular flexibility index (Phi) is 9.75. The molecule has 1 heterocycles. The summed E-state index contributed by atoms with van der Waals surface area (Å²) >= 11 is 0. The first kappa shape index (κ1) is 29.5. The average Bonchev–Trinajstić information content (AvgIpc) is 2.83. The molecule has 0 radical (unpaired) electrons. The summed E-state index contributed by atoms with van der Waals surface area (Å²) in [5, 5.41) is 7.86. The molecule has 37 heavy (non-hydrogen) atoms. The van der Waals surface area contributed by atoms with Crippen molar-refractivity contribution in [3.63, 3.8) is 0 Å². The second kappa shape index (κ2) is 12.2. The molecule has 1 aliphatic heterocycles. The summed E-state index contributed by atoms with van der Waals surface area (Å²) in [7, 11) is 0. The van der Waals surface area contributed by atoms with Gasteiger partial charge in [-0.2, -0.15) is 0 Å². The lowest BCUT2D eigenvalue weighted by atomic mass is 9.69. The van der Waals surface area contributed by atoms with Crippen molar-refractivity contribution >= 4 is 11.4 Å². The van der Waals surface area contributed by atoms with E-state index in [0.29, 0.717) is 41.5 Å². The van der Waals surface area contributed by atoms with Crippen molar-refractivity contribution in [3.05, 3.63) is 53.3 Å². The molecule has 0 amide bonds. The van der Waals surface area contributed by atoms with Crippen LogP contribution in [0.25, 0.3) is 0 Å². The maximum Gasteiger partial charge on any atom is 0.0672 e. The number of hydrogen-bond acceptors (Lipinski definition) is 3. The van der Waals surface area contributed by atoms with Crippen LogP contribution in [0.15, 0.2) is 47.1 Å². The summed E-state index contributed by atoms with van der Waals surface area (Å²) in [6, 6.07) is 7.34. The SMILES string of the molecule is CC(=NC1C(C(C)C)CCCC1C(C)C)C1=CC=CC(C(C)(C)Nc2c(C(C)C)cccc2C(C)C)N1. The zero-order valence-corrected chi connectivity index (χ0v) is 25.7. The molecule has 1 aromatic carbocycles. The van der Waals surface area contributed by atoms with Gasteiger partial charge in [-0.3, -0.25) is 4.99 Å². The van der Waals surface area contributed by atoms with E-state index >= 15 is 0 Å². The van der Waals surface area contributed by atoms with Gasteiger partial charge in [0.25, 0.3) is 0 Å². The highest BCUT2D eigenvalue weighted by Crippen LogP contribution is 2.40. The Morgan fingerprint density at radius 1 is 0.919 bits per heavy atom. The Balaban J connectivity index is 1.86. The molecular weight excluding hydrogens is 450 g/mol. The van der Waals surface area contributed by atoms with Crippen molar-refractivity contribution < 1.29 is 0 Å². The topological polar surface area (TPSA) is 36.4 Å². The number of para-hydroxylation sites is 1. The van der Waals surface area contributed by atoms with Crippen molar-refractivity contribution in [2.75, 3.05) is 5.32 Å². The Labute approximate surface area is 228 Å². The van der Waals surface area contributed by atoms with Gasteiger partial charge < -0.3 is 10.6 Å². The minimum absolute atomic E-state index is 0.158. The second-order valence-electron chi connectivity index (χ2n) is 13.5. The third-order valence-electron chi connectivity index (χ3n) is 8.87. The normalized spacial score (nSPS) is 25.2. The Bertz CT molecular complexity index is 950. The van der Waals surface area contributed by atoms with E-state index in [1.807, 2.05) is 0 Å². The number of dihydropyridines is 1. The van der Waals surface area contributed by atoms with E-state index in [-0.39, 0.29) is 11.6 Å². The molecule has 206 valence electrons. The average molecular weight is 506 g/mol. The fraction of sp³-hybridized carbons (Fsp3) is 0.676. The number of allylic oxidation sites excluding steroid dienone is 3. The molecule has 0 saturated heterocycles. The van der Waals surface area contributed by atoms with E-state index < -0.39 is 0 Å². The quantitative estimate of drug-likeness (QED) is 0.328. The number of hydrogen-bond donors (Lipinski definition) is 2. The predicted octanol–water partition coefficient (Wildman–Crippen LogP) is 9.09. The van der Waals surface area contributed by atoms with E-state index in [2.05, 4.69) is 123 Å². The van der Waals surface area contributed by atoms with Crippen LogP contribution in [0.5, 0.6) is 0 Å². The van der Waals surface area contributed by atoms with Gasteiger partial charge in [-0.15, -0.1) is 0 Å². The molecule has 3 unspecified atom stereocenters. The molecule has 1 saturated carbocycles. The molecule has 3 atom stereocenters. The maximum atomic E-state index is 5.47.